The Kier molecular flexibility index (Phi) is 7.05. The van der Waals surface area contributed by atoms with Gasteiger partial charge in [0.05, 0.1) is 7.11 Å². The zero-order valence-corrected chi connectivity index (χ0v) is 13.5. The van der Waals surface area contributed by atoms with Crippen molar-refractivity contribution in [2.24, 2.45) is 5.92 Å². The number of carboxylic acid groups (broad SMARTS) is 1. The number of carboxylic acids is 1. The van der Waals surface area contributed by atoms with Gasteiger partial charge in [-0.2, -0.15) is 0 Å². The minimum atomic E-state index is -1.09. The van der Waals surface area contributed by atoms with Gasteiger partial charge in [-0.05, 0) is 17.7 Å². The van der Waals surface area contributed by atoms with Crippen LogP contribution in [-0.2, 0) is 20.9 Å². The molecule has 1 aromatic rings. The van der Waals surface area contributed by atoms with Crippen molar-refractivity contribution in [3.05, 3.63) is 29.8 Å². The maximum Gasteiger partial charge on any atom is 0.323 e. The molecule has 1 atom stereocenters. The summed E-state index contributed by atoms with van der Waals surface area (Å²) < 4.78 is 5.05. The molecule has 23 heavy (non-hydrogen) atoms. The summed E-state index contributed by atoms with van der Waals surface area (Å²) in [6.07, 6.45) is 0.0128. The van der Waals surface area contributed by atoms with E-state index in [0.29, 0.717) is 6.54 Å². The molecule has 2 amide bonds. The van der Waals surface area contributed by atoms with Gasteiger partial charge in [0.15, 0.2) is 0 Å². The zero-order valence-electron chi connectivity index (χ0n) is 13.5. The van der Waals surface area contributed by atoms with Gasteiger partial charge in [-0.15, -0.1) is 0 Å². The highest BCUT2D eigenvalue weighted by Gasteiger charge is 2.21. The van der Waals surface area contributed by atoms with Crippen molar-refractivity contribution in [3.63, 3.8) is 0 Å². The maximum atomic E-state index is 11.9. The van der Waals surface area contributed by atoms with Crippen LogP contribution in [0.2, 0.25) is 0 Å². The highest BCUT2D eigenvalue weighted by molar-refractivity contribution is 5.87. The van der Waals surface area contributed by atoms with Gasteiger partial charge >= 0.3 is 5.97 Å². The number of rotatable bonds is 8. The minimum absolute atomic E-state index is 0.0128. The molecule has 1 aromatic carbocycles. The highest BCUT2D eigenvalue weighted by atomic mass is 16.5. The van der Waals surface area contributed by atoms with Crippen LogP contribution in [0.15, 0.2) is 24.3 Å². The Labute approximate surface area is 135 Å². The van der Waals surface area contributed by atoms with E-state index in [-0.39, 0.29) is 24.8 Å². The molecule has 1 rings (SSSR count). The van der Waals surface area contributed by atoms with Crippen molar-refractivity contribution in [2.75, 3.05) is 20.7 Å². The average molecular weight is 322 g/mol. The number of hydrogen-bond acceptors (Lipinski definition) is 4. The SMILES string of the molecule is COc1ccc(CNC(=O)CC(C)C(=O)N(C)CC(=O)O)cc1. The molecular weight excluding hydrogens is 300 g/mol. The summed E-state index contributed by atoms with van der Waals surface area (Å²) in [6.45, 7) is 1.58. The van der Waals surface area contributed by atoms with E-state index in [9.17, 15) is 14.4 Å². The van der Waals surface area contributed by atoms with E-state index >= 15 is 0 Å². The molecule has 0 saturated heterocycles. The number of ether oxygens (including phenoxy) is 1. The fourth-order valence-electron chi connectivity index (χ4n) is 2.04. The predicted octanol–water partition coefficient (Wildman–Crippen LogP) is 0.881. The summed E-state index contributed by atoms with van der Waals surface area (Å²) >= 11 is 0. The van der Waals surface area contributed by atoms with Gasteiger partial charge in [-0.25, -0.2) is 0 Å². The zero-order chi connectivity index (χ0) is 17.4. The summed E-state index contributed by atoms with van der Waals surface area (Å²) in [4.78, 5) is 35.5. The standard InChI is InChI=1S/C16H22N2O5/c1-11(16(22)18(2)10-15(20)21)8-14(19)17-9-12-4-6-13(23-3)7-5-12/h4-7,11H,8-10H2,1-3H3,(H,17,19)(H,20,21). The van der Waals surface area contributed by atoms with E-state index in [1.807, 2.05) is 12.1 Å². The van der Waals surface area contributed by atoms with E-state index < -0.39 is 11.9 Å². The second kappa shape index (κ2) is 8.77. The van der Waals surface area contributed by atoms with Crippen molar-refractivity contribution < 1.29 is 24.2 Å². The first-order chi connectivity index (χ1) is 10.8. The van der Waals surface area contributed by atoms with Crippen LogP contribution in [-0.4, -0.2) is 48.5 Å². The largest absolute Gasteiger partial charge is 0.497 e. The first-order valence-electron chi connectivity index (χ1n) is 7.20. The monoisotopic (exact) mass is 322 g/mol. The number of hydrogen-bond donors (Lipinski definition) is 2. The predicted molar refractivity (Wildman–Crippen MR) is 83.9 cm³/mol. The summed E-state index contributed by atoms with van der Waals surface area (Å²) in [5, 5.41) is 11.4. The van der Waals surface area contributed by atoms with Crippen LogP contribution >= 0.6 is 0 Å². The molecule has 7 heteroatoms. The quantitative estimate of drug-likeness (QED) is 0.741. The van der Waals surface area contributed by atoms with E-state index in [1.165, 1.54) is 7.05 Å². The average Bonchev–Trinajstić information content (AvgIpc) is 2.51. The Morgan fingerprint density at radius 2 is 1.87 bits per heavy atom. The van der Waals surface area contributed by atoms with E-state index in [1.54, 1.807) is 26.2 Å². The minimum Gasteiger partial charge on any atom is -0.497 e. The Morgan fingerprint density at radius 1 is 1.26 bits per heavy atom. The topological polar surface area (TPSA) is 95.9 Å². The number of benzene rings is 1. The van der Waals surface area contributed by atoms with Crippen LogP contribution < -0.4 is 10.1 Å². The van der Waals surface area contributed by atoms with E-state index in [0.717, 1.165) is 16.2 Å². The van der Waals surface area contributed by atoms with Gasteiger partial charge in [0.25, 0.3) is 0 Å². The fraction of sp³-hybridized carbons (Fsp3) is 0.438. The number of nitrogens with zero attached hydrogens (tertiary/aromatic N) is 1. The highest BCUT2D eigenvalue weighted by Crippen LogP contribution is 2.11. The van der Waals surface area contributed by atoms with E-state index in [4.69, 9.17) is 9.84 Å². The summed E-state index contributed by atoms with van der Waals surface area (Å²) in [5.74, 6) is -1.55. The van der Waals surface area contributed by atoms with Crippen LogP contribution in [0.5, 0.6) is 5.75 Å². The molecule has 0 bridgehead atoms. The van der Waals surface area contributed by atoms with Gasteiger partial charge in [0, 0.05) is 25.9 Å². The van der Waals surface area contributed by atoms with Crippen molar-refractivity contribution in [1.29, 1.82) is 0 Å². The summed E-state index contributed by atoms with van der Waals surface area (Å²) in [6, 6.07) is 7.28. The number of nitrogens with one attached hydrogen (secondary N) is 1. The molecule has 0 aliphatic rings. The molecular formula is C16H22N2O5. The number of amides is 2. The fourth-order valence-corrected chi connectivity index (χ4v) is 2.04. The smallest absolute Gasteiger partial charge is 0.323 e. The number of methoxy groups -OCH3 is 1. The lowest BCUT2D eigenvalue weighted by Gasteiger charge is -2.19. The molecule has 0 aliphatic carbocycles. The molecule has 126 valence electrons. The molecule has 2 N–H and O–H groups in total. The summed E-state index contributed by atoms with van der Waals surface area (Å²) in [5.41, 5.74) is 0.918. The van der Waals surface area contributed by atoms with Crippen LogP contribution in [0.4, 0.5) is 0 Å². The summed E-state index contributed by atoms with van der Waals surface area (Å²) in [7, 11) is 2.98. The van der Waals surface area contributed by atoms with Crippen molar-refractivity contribution in [3.8, 4) is 5.75 Å². The second-order valence-electron chi connectivity index (χ2n) is 5.32. The van der Waals surface area contributed by atoms with Gasteiger partial charge in [-0.3, -0.25) is 14.4 Å². The Balaban J connectivity index is 2.42. The molecule has 0 fully saturated rings. The van der Waals surface area contributed by atoms with Gasteiger partial charge in [0.2, 0.25) is 11.8 Å². The first kappa shape index (κ1) is 18.5. The third kappa shape index (κ3) is 6.37. The Bertz CT molecular complexity index is 556. The Hall–Kier alpha value is -2.57. The molecule has 1 unspecified atom stereocenters. The lowest BCUT2D eigenvalue weighted by atomic mass is 10.1. The van der Waals surface area contributed by atoms with Gasteiger partial charge < -0.3 is 20.1 Å². The molecule has 0 aromatic heterocycles. The van der Waals surface area contributed by atoms with Gasteiger partial charge in [0.1, 0.15) is 12.3 Å². The van der Waals surface area contributed by atoms with Gasteiger partial charge in [-0.1, -0.05) is 19.1 Å². The number of likely N-dealkylation sites (N-methyl/N-ethyl adjacent to an activating group) is 1. The van der Waals surface area contributed by atoms with Crippen LogP contribution in [0.1, 0.15) is 18.9 Å². The Morgan fingerprint density at radius 3 is 2.39 bits per heavy atom. The third-order valence-corrected chi connectivity index (χ3v) is 3.31. The maximum absolute atomic E-state index is 11.9. The number of aliphatic carboxylic acids is 1. The first-order valence-corrected chi connectivity index (χ1v) is 7.20. The normalized spacial score (nSPS) is 11.4. The van der Waals surface area contributed by atoms with Crippen molar-refractivity contribution in [1.82, 2.24) is 10.2 Å². The van der Waals surface area contributed by atoms with Crippen molar-refractivity contribution in [2.45, 2.75) is 19.9 Å². The number of carbonyl (C=O) groups is 3. The van der Waals surface area contributed by atoms with E-state index in [2.05, 4.69) is 5.32 Å². The molecule has 0 saturated carbocycles. The molecule has 0 radical (unpaired) electrons. The lowest BCUT2D eigenvalue weighted by molar-refractivity contribution is -0.145. The molecule has 0 spiro atoms. The molecule has 0 aliphatic heterocycles. The lowest BCUT2D eigenvalue weighted by Crippen LogP contribution is -2.37. The molecule has 0 heterocycles. The van der Waals surface area contributed by atoms with Crippen LogP contribution in [0, 0.1) is 5.92 Å². The third-order valence-electron chi connectivity index (χ3n) is 3.31. The second-order valence-corrected chi connectivity index (χ2v) is 5.32. The number of carbonyl (C=O) groups excluding carboxylic acids is 2. The van der Waals surface area contributed by atoms with Crippen molar-refractivity contribution >= 4 is 17.8 Å². The van der Waals surface area contributed by atoms with Crippen LogP contribution in [0.25, 0.3) is 0 Å². The molecule has 7 nitrogen and oxygen atoms in total. The van der Waals surface area contributed by atoms with Crippen LogP contribution in [0.3, 0.4) is 0 Å².